The van der Waals surface area contributed by atoms with E-state index in [9.17, 15) is 0 Å². The predicted octanol–water partition coefficient (Wildman–Crippen LogP) is 0.274. The van der Waals surface area contributed by atoms with E-state index in [4.69, 9.17) is 5.11 Å². The van der Waals surface area contributed by atoms with Crippen LogP contribution in [0.2, 0.25) is 0 Å². The average Bonchev–Trinajstić information content (AvgIpc) is 2.82. The lowest BCUT2D eigenvalue weighted by Crippen LogP contribution is -2.36. The van der Waals surface area contributed by atoms with Crippen LogP contribution in [0.1, 0.15) is 5.56 Å². The molecule has 1 heterocycles. The van der Waals surface area contributed by atoms with Crippen LogP contribution in [0.5, 0.6) is 0 Å². The summed E-state index contributed by atoms with van der Waals surface area (Å²) in [6.45, 7) is 2.10. The number of hydrazone groups is 1. The second-order valence-electron chi connectivity index (χ2n) is 3.63. The topological polar surface area (TPSA) is 60.2 Å². The van der Waals surface area contributed by atoms with Crippen LogP contribution in [-0.4, -0.2) is 48.5 Å². The van der Waals surface area contributed by atoms with Gasteiger partial charge < -0.3 is 10.4 Å². The minimum atomic E-state index is 0.0925. The standard InChI is InChI=1S/C12H16N4O/c17-9-7-14-12-13-6-8-16(12)15-10-11-4-2-1-3-5-11/h1-5,10,17H,6-9H2,(H,13,14). The maximum atomic E-state index is 8.75. The molecule has 5 heteroatoms. The SMILES string of the molecule is OCCNC1=NCCN1N=Cc1ccccc1. The van der Waals surface area contributed by atoms with E-state index < -0.39 is 0 Å². The van der Waals surface area contributed by atoms with E-state index in [2.05, 4.69) is 15.4 Å². The summed E-state index contributed by atoms with van der Waals surface area (Å²) < 4.78 is 0. The van der Waals surface area contributed by atoms with E-state index >= 15 is 0 Å². The Morgan fingerprint density at radius 1 is 1.41 bits per heavy atom. The molecule has 17 heavy (non-hydrogen) atoms. The van der Waals surface area contributed by atoms with E-state index in [0.717, 1.165) is 24.6 Å². The zero-order valence-electron chi connectivity index (χ0n) is 9.58. The first-order chi connectivity index (χ1) is 8.40. The maximum absolute atomic E-state index is 8.75. The minimum absolute atomic E-state index is 0.0925. The second kappa shape index (κ2) is 6.00. The second-order valence-corrected chi connectivity index (χ2v) is 3.63. The molecule has 1 aliphatic rings. The molecule has 1 aromatic rings. The summed E-state index contributed by atoms with van der Waals surface area (Å²) in [5.74, 6) is 0.728. The van der Waals surface area contributed by atoms with Crippen LogP contribution in [0.3, 0.4) is 0 Å². The summed E-state index contributed by atoms with van der Waals surface area (Å²) >= 11 is 0. The van der Waals surface area contributed by atoms with Gasteiger partial charge in [-0.3, -0.25) is 0 Å². The van der Waals surface area contributed by atoms with Crippen molar-refractivity contribution in [3.63, 3.8) is 0 Å². The van der Waals surface area contributed by atoms with Gasteiger partial charge in [-0.2, -0.15) is 5.10 Å². The Morgan fingerprint density at radius 2 is 2.24 bits per heavy atom. The average molecular weight is 232 g/mol. The van der Waals surface area contributed by atoms with Crippen molar-refractivity contribution in [2.45, 2.75) is 0 Å². The lowest BCUT2D eigenvalue weighted by atomic mass is 10.2. The van der Waals surface area contributed by atoms with Gasteiger partial charge in [-0.1, -0.05) is 30.3 Å². The lowest BCUT2D eigenvalue weighted by molar-refractivity contribution is 0.298. The first-order valence-corrected chi connectivity index (χ1v) is 5.66. The van der Waals surface area contributed by atoms with E-state index in [1.54, 1.807) is 0 Å². The van der Waals surface area contributed by atoms with E-state index in [1.807, 2.05) is 41.6 Å². The molecule has 90 valence electrons. The highest BCUT2D eigenvalue weighted by atomic mass is 16.3. The first kappa shape index (κ1) is 11.6. The highest BCUT2D eigenvalue weighted by Gasteiger charge is 2.14. The van der Waals surface area contributed by atoms with Gasteiger partial charge in [-0.05, 0) is 5.56 Å². The summed E-state index contributed by atoms with van der Waals surface area (Å²) in [4.78, 5) is 4.27. The summed E-state index contributed by atoms with van der Waals surface area (Å²) in [6.07, 6.45) is 1.81. The first-order valence-electron chi connectivity index (χ1n) is 5.66. The molecule has 5 nitrogen and oxygen atoms in total. The van der Waals surface area contributed by atoms with Crippen LogP contribution in [0.15, 0.2) is 40.4 Å². The Bertz CT molecular complexity index is 402. The number of aliphatic hydroxyl groups excluding tert-OH is 1. The highest BCUT2D eigenvalue weighted by Crippen LogP contribution is 2.01. The molecule has 0 radical (unpaired) electrons. The van der Waals surface area contributed by atoms with Gasteiger partial charge in [0.15, 0.2) is 0 Å². The van der Waals surface area contributed by atoms with Crippen molar-refractivity contribution in [1.82, 2.24) is 10.3 Å². The van der Waals surface area contributed by atoms with Crippen molar-refractivity contribution in [2.24, 2.45) is 10.1 Å². The number of hydrogen-bond acceptors (Lipinski definition) is 5. The summed E-state index contributed by atoms with van der Waals surface area (Å²) in [6, 6.07) is 9.92. The quantitative estimate of drug-likeness (QED) is 0.733. The van der Waals surface area contributed by atoms with Gasteiger partial charge >= 0.3 is 0 Å². The van der Waals surface area contributed by atoms with Gasteiger partial charge in [0.1, 0.15) is 0 Å². The fraction of sp³-hybridized carbons (Fsp3) is 0.333. The van der Waals surface area contributed by atoms with Gasteiger partial charge in [0.05, 0.1) is 25.9 Å². The molecule has 2 N–H and O–H groups in total. The molecule has 0 saturated heterocycles. The Hall–Kier alpha value is -1.88. The molecule has 0 fully saturated rings. The van der Waals surface area contributed by atoms with Gasteiger partial charge in [0, 0.05) is 6.54 Å². The maximum Gasteiger partial charge on any atom is 0.215 e. The molecule has 0 aliphatic carbocycles. The van der Waals surface area contributed by atoms with E-state index in [1.165, 1.54) is 0 Å². The normalized spacial score (nSPS) is 15.4. The molecular weight excluding hydrogens is 216 g/mol. The Balaban J connectivity index is 1.95. The predicted molar refractivity (Wildman–Crippen MR) is 68.1 cm³/mol. The van der Waals surface area contributed by atoms with Crippen LogP contribution in [0.25, 0.3) is 0 Å². The van der Waals surface area contributed by atoms with Crippen molar-refractivity contribution in [3.05, 3.63) is 35.9 Å². The van der Waals surface area contributed by atoms with Crippen LogP contribution < -0.4 is 5.32 Å². The Labute approximate surface area is 100 Å². The number of nitrogens with one attached hydrogen (secondary N) is 1. The van der Waals surface area contributed by atoms with Crippen molar-refractivity contribution < 1.29 is 5.11 Å². The highest BCUT2D eigenvalue weighted by molar-refractivity contribution is 5.84. The Kier molecular flexibility index (Phi) is 4.10. The fourth-order valence-corrected chi connectivity index (χ4v) is 1.54. The van der Waals surface area contributed by atoms with Crippen LogP contribution in [0.4, 0.5) is 0 Å². The molecule has 1 aliphatic heterocycles. The van der Waals surface area contributed by atoms with Crippen LogP contribution in [-0.2, 0) is 0 Å². The van der Waals surface area contributed by atoms with Gasteiger partial charge in [-0.25, -0.2) is 10.0 Å². The molecule has 0 saturated carbocycles. The summed E-state index contributed by atoms with van der Waals surface area (Å²) in [5, 5.41) is 17.9. The monoisotopic (exact) mass is 232 g/mol. The molecule has 0 aromatic heterocycles. The Morgan fingerprint density at radius 3 is 3.00 bits per heavy atom. The molecule has 0 atom stereocenters. The number of guanidine groups is 1. The van der Waals surface area contributed by atoms with E-state index in [0.29, 0.717) is 6.54 Å². The summed E-state index contributed by atoms with van der Waals surface area (Å²) in [5.41, 5.74) is 1.06. The zero-order chi connectivity index (χ0) is 11.9. The summed E-state index contributed by atoms with van der Waals surface area (Å²) in [7, 11) is 0. The molecule has 0 bridgehead atoms. The zero-order valence-corrected chi connectivity index (χ0v) is 9.58. The van der Waals surface area contributed by atoms with Crippen LogP contribution >= 0.6 is 0 Å². The van der Waals surface area contributed by atoms with Crippen molar-refractivity contribution in [3.8, 4) is 0 Å². The number of rotatable bonds is 4. The molecule has 2 rings (SSSR count). The number of aliphatic imine (C=N–C) groups is 1. The number of benzene rings is 1. The van der Waals surface area contributed by atoms with Crippen molar-refractivity contribution in [2.75, 3.05) is 26.2 Å². The largest absolute Gasteiger partial charge is 0.395 e. The third-order valence-electron chi connectivity index (χ3n) is 2.36. The van der Waals surface area contributed by atoms with Crippen LogP contribution in [0, 0.1) is 0 Å². The van der Waals surface area contributed by atoms with E-state index in [-0.39, 0.29) is 6.61 Å². The third-order valence-corrected chi connectivity index (χ3v) is 2.36. The number of nitrogens with zero attached hydrogens (tertiary/aromatic N) is 3. The van der Waals surface area contributed by atoms with Gasteiger partial charge in [0.2, 0.25) is 5.96 Å². The van der Waals surface area contributed by atoms with Gasteiger partial charge in [0.25, 0.3) is 0 Å². The van der Waals surface area contributed by atoms with Gasteiger partial charge in [-0.15, -0.1) is 0 Å². The smallest absolute Gasteiger partial charge is 0.215 e. The number of aliphatic hydroxyl groups is 1. The number of hydrogen-bond donors (Lipinski definition) is 2. The van der Waals surface area contributed by atoms with Crippen molar-refractivity contribution >= 4 is 12.2 Å². The molecule has 1 aromatic carbocycles. The lowest BCUT2D eigenvalue weighted by Gasteiger charge is -2.14. The van der Waals surface area contributed by atoms with Crippen molar-refractivity contribution in [1.29, 1.82) is 0 Å². The third kappa shape index (κ3) is 3.29. The fourth-order valence-electron chi connectivity index (χ4n) is 1.54. The molecular formula is C12H16N4O. The molecule has 0 unspecified atom stereocenters. The molecule has 0 spiro atoms. The molecule has 0 amide bonds. The minimum Gasteiger partial charge on any atom is -0.395 e.